The van der Waals surface area contributed by atoms with E-state index in [9.17, 15) is 4.79 Å². The van der Waals surface area contributed by atoms with Gasteiger partial charge in [0.25, 0.3) is 0 Å². The summed E-state index contributed by atoms with van der Waals surface area (Å²) in [7, 11) is 0. The Kier molecular flexibility index (Phi) is 5.44. The first kappa shape index (κ1) is 12.3. The van der Waals surface area contributed by atoms with Crippen LogP contribution < -0.4 is 0 Å². The largest absolute Gasteiger partial charge is 0.458 e. The minimum absolute atomic E-state index is 0.0872. The number of hydrogen-bond acceptors (Lipinski definition) is 2. The van der Waals surface area contributed by atoms with Gasteiger partial charge in [0.05, 0.1) is 0 Å². The lowest BCUT2D eigenvalue weighted by Crippen LogP contribution is -2.15. The number of unbranched alkanes of at least 4 members (excludes halogenated alkanes) is 3. The third-order valence-corrected chi connectivity index (χ3v) is 2.88. The number of carbonyl (C=O) groups is 1. The molecule has 1 unspecified atom stereocenters. The van der Waals surface area contributed by atoms with Crippen molar-refractivity contribution in [2.24, 2.45) is 0 Å². The monoisotopic (exact) mass is 210 g/mol. The van der Waals surface area contributed by atoms with Gasteiger partial charge in [-0.15, -0.1) is 0 Å². The summed E-state index contributed by atoms with van der Waals surface area (Å²) in [5.74, 6) is -0.152. The molecule has 0 radical (unpaired) electrons. The van der Waals surface area contributed by atoms with Crippen molar-refractivity contribution in [1.82, 2.24) is 0 Å². The van der Waals surface area contributed by atoms with E-state index in [0.717, 1.165) is 19.3 Å². The average molecular weight is 210 g/mol. The Hall–Kier alpha value is -0.790. The first-order valence-electron chi connectivity index (χ1n) is 6.10. The van der Waals surface area contributed by atoms with E-state index in [1.54, 1.807) is 0 Å². The Labute approximate surface area is 92.7 Å². The molecule has 0 heterocycles. The van der Waals surface area contributed by atoms with Gasteiger partial charge in [-0.1, -0.05) is 32.3 Å². The predicted octanol–water partition coefficient (Wildman–Crippen LogP) is 3.61. The molecule has 86 valence electrons. The molecule has 0 aromatic carbocycles. The molecule has 0 saturated heterocycles. The second kappa shape index (κ2) is 6.65. The van der Waals surface area contributed by atoms with Crippen molar-refractivity contribution in [3.05, 3.63) is 11.6 Å². The molecule has 15 heavy (non-hydrogen) atoms. The first-order valence-corrected chi connectivity index (χ1v) is 6.10. The summed E-state index contributed by atoms with van der Waals surface area (Å²) in [6.45, 7) is 3.71. The highest BCUT2D eigenvalue weighted by atomic mass is 16.5. The van der Waals surface area contributed by atoms with Gasteiger partial charge in [-0.25, -0.2) is 0 Å². The van der Waals surface area contributed by atoms with E-state index in [1.807, 2.05) is 0 Å². The molecule has 2 heteroatoms. The maximum atomic E-state index is 10.9. The molecular weight excluding hydrogens is 188 g/mol. The second-order valence-corrected chi connectivity index (χ2v) is 4.27. The molecule has 1 rings (SSSR count). The molecule has 0 fully saturated rings. The molecular formula is C13H22O2. The summed E-state index contributed by atoms with van der Waals surface area (Å²) in [5, 5.41) is 0. The average Bonchev–Trinajstić information content (AvgIpc) is 2.59. The van der Waals surface area contributed by atoms with Gasteiger partial charge in [0, 0.05) is 6.92 Å². The summed E-state index contributed by atoms with van der Waals surface area (Å²) >= 11 is 0. The van der Waals surface area contributed by atoms with Crippen LogP contribution in [-0.4, -0.2) is 12.1 Å². The van der Waals surface area contributed by atoms with Gasteiger partial charge in [-0.05, 0) is 31.3 Å². The van der Waals surface area contributed by atoms with E-state index in [2.05, 4.69) is 13.0 Å². The van der Waals surface area contributed by atoms with E-state index >= 15 is 0 Å². The van der Waals surface area contributed by atoms with Gasteiger partial charge in [0.15, 0.2) is 0 Å². The Balaban J connectivity index is 2.24. The summed E-state index contributed by atoms with van der Waals surface area (Å²) in [4.78, 5) is 10.9. The van der Waals surface area contributed by atoms with Gasteiger partial charge in [0.1, 0.15) is 6.10 Å². The number of allylic oxidation sites excluding steroid dienone is 1. The van der Waals surface area contributed by atoms with E-state index in [4.69, 9.17) is 4.74 Å². The molecule has 0 aromatic heterocycles. The van der Waals surface area contributed by atoms with Crippen molar-refractivity contribution < 1.29 is 9.53 Å². The van der Waals surface area contributed by atoms with Crippen molar-refractivity contribution in [2.45, 2.75) is 64.9 Å². The van der Waals surface area contributed by atoms with Crippen LogP contribution >= 0.6 is 0 Å². The molecule has 0 aliphatic heterocycles. The van der Waals surface area contributed by atoms with Gasteiger partial charge in [-0.2, -0.15) is 0 Å². The zero-order chi connectivity index (χ0) is 11.1. The van der Waals surface area contributed by atoms with Crippen LogP contribution in [0.2, 0.25) is 0 Å². The Morgan fingerprint density at radius 2 is 2.27 bits per heavy atom. The fraction of sp³-hybridized carbons (Fsp3) is 0.769. The highest BCUT2D eigenvalue weighted by Crippen LogP contribution is 2.26. The number of hydrogen-bond donors (Lipinski definition) is 0. The van der Waals surface area contributed by atoms with Crippen molar-refractivity contribution >= 4 is 5.97 Å². The quantitative estimate of drug-likeness (QED) is 0.380. The maximum absolute atomic E-state index is 10.9. The van der Waals surface area contributed by atoms with Gasteiger partial charge in [-0.3, -0.25) is 4.79 Å². The van der Waals surface area contributed by atoms with Crippen molar-refractivity contribution in [2.75, 3.05) is 0 Å². The molecule has 0 spiro atoms. The minimum atomic E-state index is -0.152. The van der Waals surface area contributed by atoms with Crippen LogP contribution in [0.5, 0.6) is 0 Å². The zero-order valence-corrected chi connectivity index (χ0v) is 9.92. The van der Waals surface area contributed by atoms with Gasteiger partial charge >= 0.3 is 5.97 Å². The molecule has 0 amide bonds. The van der Waals surface area contributed by atoms with E-state index < -0.39 is 0 Å². The van der Waals surface area contributed by atoms with Crippen LogP contribution in [-0.2, 0) is 9.53 Å². The lowest BCUT2D eigenvalue weighted by atomic mass is 10.0. The van der Waals surface area contributed by atoms with Crippen LogP contribution in [0.1, 0.15) is 58.8 Å². The SMILES string of the molecule is CCCCCCC1=CCCC1OC(C)=O. The lowest BCUT2D eigenvalue weighted by molar-refractivity contribution is -0.144. The molecule has 1 atom stereocenters. The van der Waals surface area contributed by atoms with E-state index in [0.29, 0.717) is 0 Å². The van der Waals surface area contributed by atoms with Crippen LogP contribution in [0.3, 0.4) is 0 Å². The smallest absolute Gasteiger partial charge is 0.303 e. The zero-order valence-electron chi connectivity index (χ0n) is 9.92. The Bertz CT molecular complexity index is 231. The summed E-state index contributed by atoms with van der Waals surface area (Å²) in [6, 6.07) is 0. The Morgan fingerprint density at radius 1 is 1.47 bits per heavy atom. The number of rotatable bonds is 6. The number of esters is 1. The topological polar surface area (TPSA) is 26.3 Å². The summed E-state index contributed by atoms with van der Waals surface area (Å²) < 4.78 is 5.27. The lowest BCUT2D eigenvalue weighted by Gasteiger charge is -2.14. The fourth-order valence-electron chi connectivity index (χ4n) is 2.09. The van der Waals surface area contributed by atoms with Crippen LogP contribution in [0.25, 0.3) is 0 Å². The molecule has 1 aliphatic carbocycles. The first-order chi connectivity index (χ1) is 7.24. The third-order valence-electron chi connectivity index (χ3n) is 2.88. The summed E-state index contributed by atoms with van der Waals surface area (Å²) in [5.41, 5.74) is 1.35. The maximum Gasteiger partial charge on any atom is 0.303 e. The van der Waals surface area contributed by atoms with E-state index in [1.165, 1.54) is 38.2 Å². The van der Waals surface area contributed by atoms with Crippen molar-refractivity contribution in [1.29, 1.82) is 0 Å². The number of carbonyl (C=O) groups excluding carboxylic acids is 1. The van der Waals surface area contributed by atoms with Crippen LogP contribution in [0.15, 0.2) is 11.6 Å². The van der Waals surface area contributed by atoms with Crippen molar-refractivity contribution in [3.8, 4) is 0 Å². The van der Waals surface area contributed by atoms with Crippen molar-refractivity contribution in [3.63, 3.8) is 0 Å². The third kappa shape index (κ3) is 4.50. The van der Waals surface area contributed by atoms with Gasteiger partial charge in [0.2, 0.25) is 0 Å². The minimum Gasteiger partial charge on any atom is -0.458 e. The normalized spacial score (nSPS) is 20.1. The van der Waals surface area contributed by atoms with Crippen LogP contribution in [0, 0.1) is 0 Å². The highest BCUT2D eigenvalue weighted by Gasteiger charge is 2.20. The molecule has 1 aliphatic rings. The highest BCUT2D eigenvalue weighted by molar-refractivity contribution is 5.66. The van der Waals surface area contributed by atoms with E-state index in [-0.39, 0.29) is 12.1 Å². The second-order valence-electron chi connectivity index (χ2n) is 4.27. The molecule has 0 N–H and O–H groups in total. The Morgan fingerprint density at radius 3 is 2.93 bits per heavy atom. The molecule has 0 aromatic rings. The molecule has 2 nitrogen and oxygen atoms in total. The predicted molar refractivity (Wildman–Crippen MR) is 61.6 cm³/mol. The summed E-state index contributed by atoms with van der Waals surface area (Å²) in [6.07, 6.45) is 10.6. The standard InChI is InChI=1S/C13H22O2/c1-3-4-5-6-8-12-9-7-10-13(12)15-11(2)14/h9,13H,3-8,10H2,1-2H3. The fourth-order valence-corrected chi connectivity index (χ4v) is 2.09. The number of ether oxygens (including phenoxy) is 1. The molecule has 0 bridgehead atoms. The van der Waals surface area contributed by atoms with Crippen LogP contribution in [0.4, 0.5) is 0 Å². The van der Waals surface area contributed by atoms with Gasteiger partial charge < -0.3 is 4.74 Å². The molecule has 0 saturated carbocycles.